The maximum absolute atomic E-state index is 12.1. The van der Waals surface area contributed by atoms with Crippen LogP contribution in [-0.4, -0.2) is 31.9 Å². The lowest BCUT2D eigenvalue weighted by Crippen LogP contribution is -2.12. The van der Waals surface area contributed by atoms with Gasteiger partial charge in [-0.05, 0) is 42.5 Å². The highest BCUT2D eigenvalue weighted by Gasteiger charge is 2.07. The molecule has 2 aromatic carbocycles. The first kappa shape index (κ1) is 18.0. The van der Waals surface area contributed by atoms with Crippen LogP contribution in [0, 0.1) is 0 Å². The number of hydrogen-bond acceptors (Lipinski definition) is 5. The number of nitrogens with zero attached hydrogens (tertiary/aromatic N) is 3. The molecule has 0 unspecified atom stereocenters. The summed E-state index contributed by atoms with van der Waals surface area (Å²) in [6.45, 7) is 0. The number of nitrogens with two attached hydrogens (primary N) is 1. The minimum absolute atomic E-state index is 0.263. The van der Waals surface area contributed by atoms with Crippen molar-refractivity contribution in [2.24, 2.45) is 10.7 Å². The molecule has 1 amide bonds. The van der Waals surface area contributed by atoms with Crippen LogP contribution in [0.2, 0.25) is 0 Å². The summed E-state index contributed by atoms with van der Waals surface area (Å²) in [7, 11) is 0. The number of imidazole rings is 1. The first-order valence-corrected chi connectivity index (χ1v) is 8.77. The van der Waals surface area contributed by atoms with Crippen molar-refractivity contribution < 1.29 is 4.79 Å². The number of anilines is 2. The van der Waals surface area contributed by atoms with E-state index in [0.29, 0.717) is 17.2 Å². The number of H-pyrrole nitrogens is 2. The molecule has 4 aromatic rings. The molecule has 0 saturated carbocycles. The van der Waals surface area contributed by atoms with Gasteiger partial charge in [0, 0.05) is 23.0 Å². The number of fused-ring (bicyclic) bond motifs is 1. The molecule has 6 N–H and O–H groups in total. The Balaban J connectivity index is 1.38. The van der Waals surface area contributed by atoms with Crippen LogP contribution < -0.4 is 16.4 Å². The highest BCUT2D eigenvalue weighted by Crippen LogP contribution is 2.19. The van der Waals surface area contributed by atoms with Crippen LogP contribution in [0.4, 0.5) is 17.1 Å². The summed E-state index contributed by atoms with van der Waals surface area (Å²) in [6, 6.07) is 13.0. The fourth-order valence-electron chi connectivity index (χ4n) is 2.67. The van der Waals surface area contributed by atoms with Gasteiger partial charge < -0.3 is 21.4 Å². The molecule has 0 bridgehead atoms. The Kier molecular flexibility index (Phi) is 5.02. The Hall–Kier alpha value is -4.40. The van der Waals surface area contributed by atoms with E-state index >= 15 is 0 Å². The molecule has 144 valence electrons. The third-order valence-corrected chi connectivity index (χ3v) is 4.05. The van der Waals surface area contributed by atoms with Crippen molar-refractivity contribution in [2.75, 3.05) is 10.6 Å². The number of aromatic amines is 2. The maximum Gasteiger partial charge on any atom is 0.273 e. The molecule has 4 rings (SSSR count). The summed E-state index contributed by atoms with van der Waals surface area (Å²) in [5.41, 5.74) is 9.49. The minimum Gasteiger partial charge on any atom is -0.384 e. The molecule has 2 heterocycles. The Bertz CT molecular complexity index is 1190. The predicted octanol–water partition coefficient (Wildman–Crippen LogP) is 3.15. The van der Waals surface area contributed by atoms with Gasteiger partial charge in [-0.15, -0.1) is 0 Å². The Morgan fingerprint density at radius 1 is 1.14 bits per heavy atom. The fraction of sp³-hybridized carbons (Fsp3) is 0. The van der Waals surface area contributed by atoms with Gasteiger partial charge in [0.25, 0.3) is 5.91 Å². The van der Waals surface area contributed by atoms with Gasteiger partial charge in [-0.3, -0.25) is 9.89 Å². The molecule has 9 nitrogen and oxygen atoms in total. The lowest BCUT2D eigenvalue weighted by Gasteiger charge is -2.06. The van der Waals surface area contributed by atoms with Gasteiger partial charge in [0.1, 0.15) is 11.5 Å². The summed E-state index contributed by atoms with van der Waals surface area (Å²) in [5, 5.41) is 13.7. The minimum atomic E-state index is -0.263. The summed E-state index contributed by atoms with van der Waals surface area (Å²) < 4.78 is 0. The van der Waals surface area contributed by atoms with Gasteiger partial charge in [-0.2, -0.15) is 5.10 Å². The molecule has 9 heteroatoms. The smallest absolute Gasteiger partial charge is 0.273 e. The van der Waals surface area contributed by atoms with Crippen molar-refractivity contribution in [3.63, 3.8) is 0 Å². The van der Waals surface area contributed by atoms with E-state index in [1.807, 2.05) is 30.3 Å². The Morgan fingerprint density at radius 3 is 2.90 bits per heavy atom. The number of carbonyl (C=O) groups excluding carboxylic acids is 1. The van der Waals surface area contributed by atoms with Crippen molar-refractivity contribution in [3.8, 4) is 0 Å². The van der Waals surface area contributed by atoms with Crippen molar-refractivity contribution in [2.45, 2.75) is 0 Å². The van der Waals surface area contributed by atoms with E-state index in [1.165, 1.54) is 12.5 Å². The van der Waals surface area contributed by atoms with Crippen LogP contribution >= 0.6 is 0 Å². The van der Waals surface area contributed by atoms with Crippen LogP contribution in [0.1, 0.15) is 10.5 Å². The first-order valence-electron chi connectivity index (χ1n) is 8.77. The number of benzene rings is 2. The van der Waals surface area contributed by atoms with Crippen LogP contribution in [-0.2, 0) is 0 Å². The van der Waals surface area contributed by atoms with Gasteiger partial charge >= 0.3 is 0 Å². The second kappa shape index (κ2) is 8.09. The molecule has 0 aliphatic carbocycles. The molecule has 0 fully saturated rings. The molecule has 2 aromatic heterocycles. The largest absolute Gasteiger partial charge is 0.384 e. The standard InChI is InChI=1S/C20H18N8O/c21-19(26-16-4-5-17-13(8-16)10-25-28-17)6-7-23-14-2-1-3-15(9-14)27-20(29)18-11-22-12-24-18/h1-12,23H,(H2,21,26)(H,22,24)(H,25,28)(H,27,29)/b7-6-. The lowest BCUT2D eigenvalue weighted by molar-refractivity contribution is 0.102. The van der Waals surface area contributed by atoms with Gasteiger partial charge in [0.15, 0.2) is 0 Å². The predicted molar refractivity (Wildman–Crippen MR) is 113 cm³/mol. The van der Waals surface area contributed by atoms with Crippen molar-refractivity contribution in [3.05, 3.63) is 79.2 Å². The maximum atomic E-state index is 12.1. The number of rotatable bonds is 6. The third kappa shape index (κ3) is 4.48. The van der Waals surface area contributed by atoms with Crippen LogP contribution in [0.15, 0.2) is 78.5 Å². The molecule has 0 aliphatic heterocycles. The van der Waals surface area contributed by atoms with Crippen LogP contribution in [0.25, 0.3) is 10.9 Å². The zero-order valence-corrected chi connectivity index (χ0v) is 15.3. The average Bonchev–Trinajstić information content (AvgIpc) is 3.40. The number of amidine groups is 1. The Labute approximate surface area is 165 Å². The third-order valence-electron chi connectivity index (χ3n) is 4.05. The van der Waals surface area contributed by atoms with Crippen molar-refractivity contribution in [1.82, 2.24) is 20.2 Å². The lowest BCUT2D eigenvalue weighted by atomic mass is 10.2. The topological polar surface area (TPSA) is 137 Å². The normalized spacial score (nSPS) is 11.8. The molecular formula is C20H18N8O. The zero-order valence-electron chi connectivity index (χ0n) is 15.3. The van der Waals surface area contributed by atoms with E-state index in [4.69, 9.17) is 5.73 Å². The second-order valence-corrected chi connectivity index (χ2v) is 6.16. The highest BCUT2D eigenvalue weighted by atomic mass is 16.1. The van der Waals surface area contributed by atoms with E-state index in [2.05, 4.69) is 35.8 Å². The van der Waals surface area contributed by atoms with Gasteiger partial charge in [-0.1, -0.05) is 6.07 Å². The molecule has 0 aliphatic rings. The quantitative estimate of drug-likeness (QED) is 0.256. The molecule has 29 heavy (non-hydrogen) atoms. The monoisotopic (exact) mass is 386 g/mol. The SMILES string of the molecule is NC(/C=C\Nc1cccc(NC(=O)c2cnc[nH]2)c1)=Nc1ccc2[nH]ncc2c1. The van der Waals surface area contributed by atoms with Gasteiger partial charge in [-0.25, -0.2) is 9.98 Å². The molecule has 0 radical (unpaired) electrons. The number of nitrogens with one attached hydrogen (secondary N) is 4. The summed E-state index contributed by atoms with van der Waals surface area (Å²) in [4.78, 5) is 23.0. The summed E-state index contributed by atoms with van der Waals surface area (Å²) >= 11 is 0. The number of carbonyl (C=O) groups is 1. The van der Waals surface area contributed by atoms with E-state index in [1.54, 1.807) is 30.6 Å². The summed E-state index contributed by atoms with van der Waals surface area (Å²) in [5.74, 6) is 0.0882. The Morgan fingerprint density at radius 2 is 2.03 bits per heavy atom. The zero-order chi connectivity index (χ0) is 20.1. The van der Waals surface area contributed by atoms with Crippen LogP contribution in [0.3, 0.4) is 0 Å². The fourth-order valence-corrected chi connectivity index (χ4v) is 2.67. The van der Waals surface area contributed by atoms with E-state index < -0.39 is 0 Å². The average molecular weight is 386 g/mol. The molecule has 0 saturated heterocycles. The number of aromatic nitrogens is 4. The van der Waals surface area contributed by atoms with Gasteiger partial charge in [0.05, 0.1) is 29.9 Å². The highest BCUT2D eigenvalue weighted by molar-refractivity contribution is 6.03. The number of hydrogen-bond donors (Lipinski definition) is 5. The van der Waals surface area contributed by atoms with Crippen molar-refractivity contribution >= 4 is 39.7 Å². The van der Waals surface area contributed by atoms with E-state index in [9.17, 15) is 4.79 Å². The molecular weight excluding hydrogens is 368 g/mol. The second-order valence-electron chi connectivity index (χ2n) is 6.16. The first-order chi connectivity index (χ1) is 14.2. The number of aliphatic imine (C=N–C) groups is 1. The number of amides is 1. The van der Waals surface area contributed by atoms with E-state index in [-0.39, 0.29) is 5.91 Å². The molecule has 0 spiro atoms. The van der Waals surface area contributed by atoms with Crippen LogP contribution in [0.5, 0.6) is 0 Å². The molecule has 0 atom stereocenters. The summed E-state index contributed by atoms with van der Waals surface area (Å²) in [6.07, 6.45) is 8.00. The van der Waals surface area contributed by atoms with E-state index in [0.717, 1.165) is 22.3 Å². The van der Waals surface area contributed by atoms with Crippen molar-refractivity contribution in [1.29, 1.82) is 0 Å². The van der Waals surface area contributed by atoms with Gasteiger partial charge in [0.2, 0.25) is 0 Å².